The van der Waals surface area contributed by atoms with Crippen LogP contribution in [0.4, 0.5) is 4.79 Å². The minimum absolute atomic E-state index is 0.278. The number of carbonyl (C=O) groups is 3. The van der Waals surface area contributed by atoms with Crippen molar-refractivity contribution < 1.29 is 19.1 Å². The van der Waals surface area contributed by atoms with Crippen LogP contribution >= 0.6 is 23.2 Å². The molecule has 0 heterocycles. The highest BCUT2D eigenvalue weighted by Gasteiger charge is 2.69. The summed E-state index contributed by atoms with van der Waals surface area (Å²) in [4.78, 5) is 33.8. The number of rotatable bonds is 4. The van der Waals surface area contributed by atoms with Crippen LogP contribution in [0.5, 0.6) is 0 Å². The lowest BCUT2D eigenvalue weighted by molar-refractivity contribution is -0.153. The van der Waals surface area contributed by atoms with E-state index in [1.54, 1.807) is 13.8 Å². The van der Waals surface area contributed by atoms with Gasteiger partial charge in [-0.05, 0) is 13.8 Å². The minimum atomic E-state index is -1.14. The zero-order valence-corrected chi connectivity index (χ0v) is 11.5. The summed E-state index contributed by atoms with van der Waals surface area (Å²) in [5.74, 6) is -1.37. The first-order valence-corrected chi connectivity index (χ1v) is 6.11. The summed E-state index contributed by atoms with van der Waals surface area (Å²) in [6.07, 6.45) is 0.278. The van der Waals surface area contributed by atoms with Gasteiger partial charge in [0.05, 0.1) is 0 Å². The van der Waals surface area contributed by atoms with Gasteiger partial charge < -0.3 is 10.1 Å². The normalized spacial score (nSPS) is 24.0. The molecule has 1 aliphatic carbocycles. The fraction of sp³-hybridized carbons (Fsp3) is 0.700. The first-order valence-electron chi connectivity index (χ1n) is 5.35. The quantitative estimate of drug-likeness (QED) is 0.598. The molecule has 0 aromatic carbocycles. The highest BCUT2D eigenvalue weighted by molar-refractivity contribution is 6.53. The number of hydrogen-bond acceptors (Lipinski definition) is 4. The Kier molecular flexibility index (Phi) is 4.45. The molecule has 8 heteroatoms. The van der Waals surface area contributed by atoms with Crippen LogP contribution in [0.25, 0.3) is 0 Å². The Balaban J connectivity index is 2.32. The molecule has 0 aromatic heterocycles. The van der Waals surface area contributed by atoms with E-state index in [9.17, 15) is 14.4 Å². The van der Waals surface area contributed by atoms with E-state index >= 15 is 0 Å². The molecular weight excluding hydrogens is 283 g/mol. The van der Waals surface area contributed by atoms with Crippen molar-refractivity contribution in [3.05, 3.63) is 0 Å². The Morgan fingerprint density at radius 3 is 2.33 bits per heavy atom. The molecule has 0 saturated heterocycles. The van der Waals surface area contributed by atoms with Crippen LogP contribution in [0.15, 0.2) is 0 Å². The van der Waals surface area contributed by atoms with Gasteiger partial charge in [0.1, 0.15) is 9.75 Å². The number of carbonyl (C=O) groups excluding carboxylic acids is 3. The molecular formula is C10H14Cl2N2O4. The van der Waals surface area contributed by atoms with E-state index in [4.69, 9.17) is 27.9 Å². The second-order valence-corrected chi connectivity index (χ2v) is 5.68. The molecule has 1 atom stereocenters. The number of nitrogens with one attached hydrogen (secondary N) is 2. The highest BCUT2D eigenvalue weighted by atomic mass is 35.5. The minimum Gasteiger partial charge on any atom is -0.455 e. The third kappa shape index (κ3) is 3.26. The first kappa shape index (κ1) is 15.0. The Bertz CT molecular complexity index is 386. The van der Waals surface area contributed by atoms with E-state index in [0.717, 1.165) is 0 Å². The van der Waals surface area contributed by atoms with E-state index in [1.807, 2.05) is 5.32 Å². The highest BCUT2D eigenvalue weighted by Crippen LogP contribution is 2.64. The number of halogens is 2. The molecule has 0 bridgehead atoms. The SMILES string of the molecule is CCNC(=O)NC(=O)COC(=O)C1(C)CC1(Cl)Cl. The third-order valence-electron chi connectivity index (χ3n) is 2.63. The summed E-state index contributed by atoms with van der Waals surface area (Å²) < 4.78 is 3.61. The van der Waals surface area contributed by atoms with E-state index in [0.29, 0.717) is 6.54 Å². The number of alkyl halides is 2. The molecule has 0 aliphatic heterocycles. The fourth-order valence-electron chi connectivity index (χ4n) is 1.28. The standard InChI is InChI=1S/C10H14Cl2N2O4/c1-3-13-8(17)14-6(15)4-18-7(16)9(2)5-10(9,11)12/h3-5H2,1-2H3,(H2,13,14,15,17). The maximum atomic E-state index is 11.6. The van der Waals surface area contributed by atoms with Gasteiger partial charge in [-0.15, -0.1) is 23.2 Å². The summed E-state index contributed by atoms with van der Waals surface area (Å²) in [6, 6.07) is -0.639. The fourth-order valence-corrected chi connectivity index (χ4v) is 1.97. The number of urea groups is 1. The number of amides is 3. The molecule has 1 fully saturated rings. The number of esters is 1. The molecule has 18 heavy (non-hydrogen) atoms. The molecule has 0 spiro atoms. The van der Waals surface area contributed by atoms with E-state index < -0.39 is 34.3 Å². The van der Waals surface area contributed by atoms with Gasteiger partial charge in [-0.1, -0.05) is 0 Å². The lowest BCUT2D eigenvalue weighted by atomic mass is 10.1. The van der Waals surface area contributed by atoms with Crippen LogP contribution in [0.3, 0.4) is 0 Å². The maximum absolute atomic E-state index is 11.6. The van der Waals surface area contributed by atoms with Crippen molar-refractivity contribution in [1.82, 2.24) is 10.6 Å². The Morgan fingerprint density at radius 1 is 1.33 bits per heavy atom. The van der Waals surface area contributed by atoms with Crippen molar-refractivity contribution in [2.24, 2.45) is 5.41 Å². The smallest absolute Gasteiger partial charge is 0.321 e. The third-order valence-corrected chi connectivity index (χ3v) is 3.73. The van der Waals surface area contributed by atoms with Crippen molar-refractivity contribution in [2.75, 3.05) is 13.2 Å². The zero-order chi connectivity index (χ0) is 14.0. The van der Waals surface area contributed by atoms with Crippen molar-refractivity contribution in [1.29, 1.82) is 0 Å². The van der Waals surface area contributed by atoms with Gasteiger partial charge in [-0.3, -0.25) is 14.9 Å². The average molecular weight is 297 g/mol. The van der Waals surface area contributed by atoms with Gasteiger partial charge in [0.15, 0.2) is 6.61 Å². The molecule has 1 saturated carbocycles. The predicted molar refractivity (Wildman–Crippen MR) is 65.3 cm³/mol. The van der Waals surface area contributed by atoms with Crippen molar-refractivity contribution in [3.63, 3.8) is 0 Å². The van der Waals surface area contributed by atoms with Gasteiger partial charge in [-0.25, -0.2) is 4.79 Å². The largest absolute Gasteiger partial charge is 0.455 e. The summed E-state index contributed by atoms with van der Waals surface area (Å²) in [6.45, 7) is 3.10. The maximum Gasteiger partial charge on any atom is 0.321 e. The zero-order valence-electron chi connectivity index (χ0n) is 10.0. The first-order chi connectivity index (χ1) is 8.23. The van der Waals surface area contributed by atoms with Gasteiger partial charge in [0.25, 0.3) is 5.91 Å². The van der Waals surface area contributed by atoms with Crippen LogP contribution in [-0.2, 0) is 14.3 Å². The molecule has 0 aromatic rings. The number of imide groups is 1. The molecule has 1 aliphatic rings. The summed E-state index contributed by atoms with van der Waals surface area (Å²) >= 11 is 11.6. The monoisotopic (exact) mass is 296 g/mol. The van der Waals surface area contributed by atoms with Crippen LogP contribution < -0.4 is 10.6 Å². The van der Waals surface area contributed by atoms with Gasteiger partial charge in [-0.2, -0.15) is 0 Å². The summed E-state index contributed by atoms with van der Waals surface area (Å²) in [5, 5.41) is 4.36. The molecule has 102 valence electrons. The van der Waals surface area contributed by atoms with Crippen molar-refractivity contribution in [3.8, 4) is 0 Å². The van der Waals surface area contributed by atoms with Gasteiger partial charge >= 0.3 is 12.0 Å². The summed E-state index contributed by atoms with van der Waals surface area (Å²) in [5.41, 5.74) is -0.984. The molecule has 2 N–H and O–H groups in total. The second kappa shape index (κ2) is 5.32. The van der Waals surface area contributed by atoms with Crippen molar-refractivity contribution in [2.45, 2.75) is 24.6 Å². The van der Waals surface area contributed by atoms with Crippen LogP contribution in [0.2, 0.25) is 0 Å². The predicted octanol–water partition coefficient (Wildman–Crippen LogP) is 0.959. The van der Waals surface area contributed by atoms with Gasteiger partial charge in [0, 0.05) is 13.0 Å². The van der Waals surface area contributed by atoms with Crippen LogP contribution in [-0.4, -0.2) is 35.4 Å². The van der Waals surface area contributed by atoms with E-state index in [2.05, 4.69) is 5.32 Å². The molecule has 1 rings (SSSR count). The van der Waals surface area contributed by atoms with Crippen molar-refractivity contribution >= 4 is 41.1 Å². The topological polar surface area (TPSA) is 84.5 Å². The molecule has 6 nitrogen and oxygen atoms in total. The average Bonchev–Trinajstić information content (AvgIpc) is 2.76. The number of ether oxygens (including phenoxy) is 1. The number of hydrogen-bond donors (Lipinski definition) is 2. The Labute approximate surface area is 114 Å². The molecule has 1 unspecified atom stereocenters. The Morgan fingerprint density at radius 2 is 1.89 bits per heavy atom. The molecule has 0 radical (unpaired) electrons. The lowest BCUT2D eigenvalue weighted by Crippen LogP contribution is -2.41. The molecule has 3 amide bonds. The Hall–Kier alpha value is -1.01. The van der Waals surface area contributed by atoms with Crippen LogP contribution in [0.1, 0.15) is 20.3 Å². The van der Waals surface area contributed by atoms with E-state index in [1.165, 1.54) is 0 Å². The lowest BCUT2D eigenvalue weighted by Gasteiger charge is -2.11. The second-order valence-electron chi connectivity index (χ2n) is 4.20. The van der Waals surface area contributed by atoms with E-state index in [-0.39, 0.29) is 6.42 Å². The van der Waals surface area contributed by atoms with Gasteiger partial charge in [0.2, 0.25) is 0 Å². The summed E-state index contributed by atoms with van der Waals surface area (Å²) in [7, 11) is 0. The van der Waals surface area contributed by atoms with Crippen LogP contribution in [0, 0.1) is 5.41 Å².